The molecule has 7 nitrogen and oxygen atoms in total. The van der Waals surface area contributed by atoms with Crippen LogP contribution in [0.25, 0.3) is 0 Å². The van der Waals surface area contributed by atoms with Crippen LogP contribution in [-0.4, -0.2) is 57.8 Å². The van der Waals surface area contributed by atoms with E-state index in [0.717, 1.165) is 25.1 Å². The summed E-state index contributed by atoms with van der Waals surface area (Å²) in [4.78, 5) is 18.7. The fraction of sp³-hybridized carbons (Fsp3) is 0.471. The Morgan fingerprint density at radius 3 is 3.12 bits per heavy atom. The molecule has 0 radical (unpaired) electrons. The van der Waals surface area contributed by atoms with Crippen molar-refractivity contribution in [3.05, 3.63) is 42.5 Å². The van der Waals surface area contributed by atoms with Gasteiger partial charge in [0.15, 0.2) is 0 Å². The topological polar surface area (TPSA) is 83.1 Å². The second-order valence-electron chi connectivity index (χ2n) is 6.33. The summed E-state index contributed by atoms with van der Waals surface area (Å²) in [5.74, 6) is 0.416. The summed E-state index contributed by atoms with van der Waals surface area (Å²) in [6.45, 7) is 2.06. The number of morpholine rings is 1. The lowest BCUT2D eigenvalue weighted by molar-refractivity contribution is -0.0603. The highest BCUT2D eigenvalue weighted by Gasteiger charge is 2.44. The molecule has 4 rings (SSSR count). The highest BCUT2D eigenvalue weighted by molar-refractivity contribution is 5.92. The van der Waals surface area contributed by atoms with E-state index in [1.807, 2.05) is 23.2 Å². The van der Waals surface area contributed by atoms with Crippen LogP contribution in [0.1, 0.15) is 23.3 Å². The molecule has 0 aromatic carbocycles. The lowest BCUT2D eigenvalue weighted by Crippen LogP contribution is -2.53. The summed E-state index contributed by atoms with van der Waals surface area (Å²) in [5, 5.41) is 10.1. The van der Waals surface area contributed by atoms with Gasteiger partial charge in [0.1, 0.15) is 5.69 Å². The molecule has 0 spiro atoms. The molecule has 1 saturated carbocycles. The molecule has 2 aliphatic rings. The number of carbonyl (C=O) groups is 1. The second-order valence-corrected chi connectivity index (χ2v) is 6.33. The Balaban J connectivity index is 1.42. The number of nitrogens with one attached hydrogen (secondary N) is 2. The van der Waals surface area contributed by atoms with Crippen LogP contribution in [0.5, 0.6) is 0 Å². The SMILES string of the molecule is O=C(c1ccn[nH]1)N1CCO[C@H]2C(CNc3cccnc3)CC[C@@H]21. The highest BCUT2D eigenvalue weighted by Crippen LogP contribution is 2.35. The maximum absolute atomic E-state index is 12.7. The average molecular weight is 327 g/mol. The van der Waals surface area contributed by atoms with Gasteiger partial charge >= 0.3 is 0 Å². The van der Waals surface area contributed by atoms with Crippen LogP contribution < -0.4 is 5.32 Å². The second kappa shape index (κ2) is 6.60. The van der Waals surface area contributed by atoms with Gasteiger partial charge in [-0.05, 0) is 31.0 Å². The minimum absolute atomic E-state index is 0.0201. The number of amides is 1. The molecule has 1 amide bonds. The first kappa shape index (κ1) is 15.1. The van der Waals surface area contributed by atoms with Crippen molar-refractivity contribution in [2.24, 2.45) is 5.92 Å². The van der Waals surface area contributed by atoms with E-state index in [-0.39, 0.29) is 18.1 Å². The minimum atomic E-state index is 0.0201. The van der Waals surface area contributed by atoms with E-state index in [9.17, 15) is 4.79 Å². The number of pyridine rings is 1. The zero-order chi connectivity index (χ0) is 16.4. The molecule has 3 atom stereocenters. The number of aromatic nitrogens is 3. The number of H-pyrrole nitrogens is 1. The van der Waals surface area contributed by atoms with E-state index in [1.165, 1.54) is 0 Å². The van der Waals surface area contributed by atoms with Gasteiger partial charge < -0.3 is 15.0 Å². The Morgan fingerprint density at radius 2 is 2.33 bits per heavy atom. The number of ether oxygens (including phenoxy) is 1. The van der Waals surface area contributed by atoms with Crippen LogP contribution in [0.3, 0.4) is 0 Å². The molecule has 1 aliphatic heterocycles. The Hall–Kier alpha value is -2.41. The minimum Gasteiger partial charge on any atom is -0.383 e. The Kier molecular flexibility index (Phi) is 4.17. The van der Waals surface area contributed by atoms with Gasteiger partial charge in [-0.15, -0.1) is 0 Å². The number of hydrogen-bond donors (Lipinski definition) is 2. The Morgan fingerprint density at radius 1 is 1.38 bits per heavy atom. The standard InChI is InChI=1S/C17H21N5O2/c23-17(14-5-7-20-21-14)22-8-9-24-16-12(3-4-15(16)22)10-19-13-2-1-6-18-11-13/h1-2,5-7,11-12,15-16,19H,3-4,8-10H2,(H,20,21)/t12?,15-,16-/m0/s1. The van der Waals surface area contributed by atoms with Crippen LogP contribution in [0.2, 0.25) is 0 Å². The van der Waals surface area contributed by atoms with Crippen LogP contribution in [0.4, 0.5) is 5.69 Å². The molecule has 2 aromatic rings. The quantitative estimate of drug-likeness (QED) is 0.890. The summed E-state index contributed by atoms with van der Waals surface area (Å²) < 4.78 is 6.03. The molecule has 2 fully saturated rings. The molecule has 2 N–H and O–H groups in total. The summed E-state index contributed by atoms with van der Waals surface area (Å²) in [6, 6.07) is 5.80. The van der Waals surface area contributed by atoms with Crippen molar-refractivity contribution in [3.8, 4) is 0 Å². The number of nitrogens with zero attached hydrogens (tertiary/aromatic N) is 3. The number of carbonyl (C=O) groups excluding carboxylic acids is 1. The number of aromatic amines is 1. The lowest BCUT2D eigenvalue weighted by Gasteiger charge is -2.39. The molecule has 2 aromatic heterocycles. The number of anilines is 1. The largest absolute Gasteiger partial charge is 0.383 e. The van der Waals surface area contributed by atoms with Gasteiger partial charge in [-0.3, -0.25) is 14.9 Å². The van der Waals surface area contributed by atoms with E-state index in [1.54, 1.807) is 18.5 Å². The van der Waals surface area contributed by atoms with Gasteiger partial charge in [-0.2, -0.15) is 5.10 Å². The van der Waals surface area contributed by atoms with Crippen molar-refractivity contribution >= 4 is 11.6 Å². The third kappa shape index (κ3) is 2.87. The van der Waals surface area contributed by atoms with Crippen molar-refractivity contribution < 1.29 is 9.53 Å². The molecule has 7 heteroatoms. The Labute approximate surface area is 140 Å². The third-order valence-corrected chi connectivity index (χ3v) is 4.94. The van der Waals surface area contributed by atoms with E-state index in [0.29, 0.717) is 24.8 Å². The smallest absolute Gasteiger partial charge is 0.272 e. The molecule has 24 heavy (non-hydrogen) atoms. The fourth-order valence-corrected chi connectivity index (χ4v) is 3.78. The maximum Gasteiger partial charge on any atom is 0.272 e. The molecule has 1 saturated heterocycles. The normalized spacial score (nSPS) is 26.2. The van der Waals surface area contributed by atoms with Crippen molar-refractivity contribution in [1.29, 1.82) is 0 Å². The summed E-state index contributed by atoms with van der Waals surface area (Å²) in [6.07, 6.45) is 7.32. The number of fused-ring (bicyclic) bond motifs is 1. The zero-order valence-corrected chi connectivity index (χ0v) is 13.4. The average Bonchev–Trinajstić information content (AvgIpc) is 3.30. The first-order chi connectivity index (χ1) is 11.8. The van der Waals surface area contributed by atoms with Gasteiger partial charge in [0.25, 0.3) is 5.91 Å². The highest BCUT2D eigenvalue weighted by atomic mass is 16.5. The molecule has 126 valence electrons. The molecule has 3 heterocycles. The monoisotopic (exact) mass is 327 g/mol. The third-order valence-electron chi connectivity index (χ3n) is 4.94. The van der Waals surface area contributed by atoms with Crippen molar-refractivity contribution in [2.45, 2.75) is 25.0 Å². The fourth-order valence-electron chi connectivity index (χ4n) is 3.78. The van der Waals surface area contributed by atoms with Crippen LogP contribution >= 0.6 is 0 Å². The number of hydrogen-bond acceptors (Lipinski definition) is 5. The van der Waals surface area contributed by atoms with Crippen LogP contribution in [0.15, 0.2) is 36.8 Å². The lowest BCUT2D eigenvalue weighted by atomic mass is 10.0. The number of rotatable bonds is 4. The van der Waals surface area contributed by atoms with Crippen molar-refractivity contribution in [2.75, 3.05) is 25.0 Å². The molecular weight excluding hydrogens is 306 g/mol. The van der Waals surface area contributed by atoms with Gasteiger partial charge in [0.05, 0.1) is 24.4 Å². The van der Waals surface area contributed by atoms with Gasteiger partial charge in [0, 0.05) is 37.6 Å². The first-order valence-electron chi connectivity index (χ1n) is 8.39. The summed E-state index contributed by atoms with van der Waals surface area (Å²) in [5.41, 5.74) is 1.56. The zero-order valence-electron chi connectivity index (χ0n) is 13.4. The predicted octanol–water partition coefficient (Wildman–Crippen LogP) is 1.54. The van der Waals surface area contributed by atoms with Crippen molar-refractivity contribution in [3.63, 3.8) is 0 Å². The molecular formula is C17H21N5O2. The van der Waals surface area contributed by atoms with Crippen molar-refractivity contribution in [1.82, 2.24) is 20.1 Å². The summed E-state index contributed by atoms with van der Waals surface area (Å²) >= 11 is 0. The van der Waals surface area contributed by atoms with Gasteiger partial charge in [-0.1, -0.05) is 0 Å². The van der Waals surface area contributed by atoms with E-state index in [4.69, 9.17) is 4.74 Å². The van der Waals surface area contributed by atoms with E-state index in [2.05, 4.69) is 20.5 Å². The van der Waals surface area contributed by atoms with Gasteiger partial charge in [-0.25, -0.2) is 0 Å². The van der Waals surface area contributed by atoms with Crippen LogP contribution in [0, 0.1) is 5.92 Å². The van der Waals surface area contributed by atoms with Crippen LogP contribution in [-0.2, 0) is 4.74 Å². The predicted molar refractivity (Wildman–Crippen MR) is 88.6 cm³/mol. The first-order valence-corrected chi connectivity index (χ1v) is 8.39. The molecule has 0 bridgehead atoms. The Bertz CT molecular complexity index is 676. The van der Waals surface area contributed by atoms with E-state index < -0.39 is 0 Å². The molecule has 1 unspecified atom stereocenters. The summed E-state index contributed by atoms with van der Waals surface area (Å²) in [7, 11) is 0. The molecule has 1 aliphatic carbocycles. The maximum atomic E-state index is 12.7. The van der Waals surface area contributed by atoms with E-state index >= 15 is 0 Å². The van der Waals surface area contributed by atoms with Gasteiger partial charge in [0.2, 0.25) is 0 Å².